The summed E-state index contributed by atoms with van der Waals surface area (Å²) in [6.45, 7) is 1.43. The molecule has 1 aliphatic rings. The molecule has 0 radical (unpaired) electrons. The first-order valence-corrected chi connectivity index (χ1v) is 10.6. The highest BCUT2D eigenvalue weighted by molar-refractivity contribution is 7.99. The molecule has 4 rings (SSSR count). The van der Waals surface area contributed by atoms with Gasteiger partial charge in [-0.25, -0.2) is 9.07 Å². The quantitative estimate of drug-likeness (QED) is 0.574. The lowest BCUT2D eigenvalue weighted by molar-refractivity contribution is -0.137. The van der Waals surface area contributed by atoms with Gasteiger partial charge in [-0.3, -0.25) is 9.59 Å². The molecule has 1 atom stereocenters. The summed E-state index contributed by atoms with van der Waals surface area (Å²) in [5.41, 5.74) is -1.77. The van der Waals surface area contributed by atoms with E-state index in [1.807, 2.05) is 0 Å². The maximum atomic E-state index is 13.7. The zero-order chi connectivity index (χ0) is 23.0. The lowest BCUT2D eigenvalue weighted by atomic mass is 10.0. The number of carbonyl (C=O) groups excluding carboxylic acids is 1. The van der Waals surface area contributed by atoms with Gasteiger partial charge in [0.15, 0.2) is 5.69 Å². The average Bonchev–Trinajstić information content (AvgIpc) is 2.73. The van der Waals surface area contributed by atoms with Crippen molar-refractivity contribution in [1.29, 1.82) is 0 Å². The fourth-order valence-electron chi connectivity index (χ4n) is 3.59. The number of hydrogen-bond acceptors (Lipinski definition) is 4. The summed E-state index contributed by atoms with van der Waals surface area (Å²) in [5.74, 6) is -0.612. The third-order valence-electron chi connectivity index (χ3n) is 5.08. The Labute approximate surface area is 184 Å². The lowest BCUT2D eigenvalue weighted by Crippen LogP contribution is -2.36. The standard InChI is InChI=1S/C22H17F4N3O2S/c1-12-10-18(30)20(28-29(12)17-5-3-2-4-15(17)22(24,25)26)21(31)27-16-8-9-32-19-7-6-13(23)11-14(16)19/h2-7,10-11,16H,8-9H2,1H3,(H,27,31). The molecule has 1 aromatic heterocycles. The molecule has 1 amide bonds. The Morgan fingerprint density at radius 1 is 1.19 bits per heavy atom. The Bertz CT molecular complexity index is 1260. The van der Waals surface area contributed by atoms with Crippen LogP contribution in [0.1, 0.15) is 39.8 Å². The maximum absolute atomic E-state index is 13.7. The van der Waals surface area contributed by atoms with E-state index in [9.17, 15) is 27.2 Å². The van der Waals surface area contributed by atoms with Gasteiger partial charge in [-0.1, -0.05) is 12.1 Å². The Balaban J connectivity index is 1.72. The Morgan fingerprint density at radius 3 is 2.69 bits per heavy atom. The second kappa shape index (κ2) is 8.42. The monoisotopic (exact) mass is 463 g/mol. The number of hydrogen-bond donors (Lipinski definition) is 1. The van der Waals surface area contributed by atoms with Crippen molar-refractivity contribution in [3.05, 3.63) is 87.1 Å². The Kier molecular flexibility index (Phi) is 5.81. The number of para-hydroxylation sites is 1. The van der Waals surface area contributed by atoms with Gasteiger partial charge in [0.2, 0.25) is 5.43 Å². The molecule has 2 aromatic carbocycles. The van der Waals surface area contributed by atoms with Crippen molar-refractivity contribution < 1.29 is 22.4 Å². The maximum Gasteiger partial charge on any atom is 0.418 e. The topological polar surface area (TPSA) is 64.0 Å². The lowest BCUT2D eigenvalue weighted by Gasteiger charge is -2.26. The minimum atomic E-state index is -4.65. The number of nitrogens with one attached hydrogen (secondary N) is 1. The third kappa shape index (κ3) is 4.27. The molecule has 32 heavy (non-hydrogen) atoms. The van der Waals surface area contributed by atoms with Crippen LogP contribution >= 0.6 is 11.8 Å². The molecule has 0 spiro atoms. The molecular formula is C22H17F4N3O2S. The fourth-order valence-corrected chi connectivity index (χ4v) is 4.69. The molecule has 1 aliphatic heterocycles. The van der Waals surface area contributed by atoms with Gasteiger partial charge >= 0.3 is 6.18 Å². The van der Waals surface area contributed by atoms with E-state index in [4.69, 9.17) is 0 Å². The number of carbonyl (C=O) groups is 1. The molecule has 0 saturated heterocycles. The highest BCUT2D eigenvalue weighted by atomic mass is 32.2. The normalized spacial score (nSPS) is 15.8. The highest BCUT2D eigenvalue weighted by Crippen LogP contribution is 2.37. The number of benzene rings is 2. The van der Waals surface area contributed by atoms with Crippen LogP contribution in [0.15, 0.2) is 58.2 Å². The van der Waals surface area contributed by atoms with Crippen LogP contribution in [0.4, 0.5) is 17.6 Å². The van der Waals surface area contributed by atoms with Crippen LogP contribution < -0.4 is 10.7 Å². The van der Waals surface area contributed by atoms with E-state index >= 15 is 0 Å². The van der Waals surface area contributed by atoms with Crippen LogP contribution in [0, 0.1) is 12.7 Å². The highest BCUT2D eigenvalue weighted by Gasteiger charge is 2.34. The molecule has 1 N–H and O–H groups in total. The largest absolute Gasteiger partial charge is 0.418 e. The molecule has 3 aromatic rings. The first-order valence-electron chi connectivity index (χ1n) is 9.66. The van der Waals surface area contributed by atoms with Gasteiger partial charge in [0.25, 0.3) is 5.91 Å². The predicted molar refractivity (Wildman–Crippen MR) is 112 cm³/mol. The Hall–Kier alpha value is -3.14. The number of alkyl halides is 3. The minimum absolute atomic E-state index is 0.143. The molecule has 2 heterocycles. The average molecular weight is 463 g/mol. The summed E-state index contributed by atoms with van der Waals surface area (Å²) in [6.07, 6.45) is -4.15. The smallest absolute Gasteiger partial charge is 0.344 e. The molecule has 10 heteroatoms. The van der Waals surface area contributed by atoms with Crippen molar-refractivity contribution in [3.8, 4) is 5.69 Å². The van der Waals surface area contributed by atoms with Gasteiger partial charge in [0.1, 0.15) is 5.82 Å². The number of nitrogens with zero attached hydrogens (tertiary/aromatic N) is 2. The number of aryl methyl sites for hydroxylation is 1. The summed E-state index contributed by atoms with van der Waals surface area (Å²) in [6, 6.07) is 9.57. The Morgan fingerprint density at radius 2 is 1.94 bits per heavy atom. The molecule has 0 saturated carbocycles. The predicted octanol–water partition coefficient (Wildman–Crippen LogP) is 4.67. The van der Waals surface area contributed by atoms with Crippen LogP contribution in [-0.4, -0.2) is 21.4 Å². The molecule has 0 fully saturated rings. The van der Waals surface area contributed by atoms with E-state index in [1.54, 1.807) is 6.07 Å². The van der Waals surface area contributed by atoms with Gasteiger partial charge in [-0.2, -0.15) is 18.3 Å². The second-order valence-corrected chi connectivity index (χ2v) is 8.41. The third-order valence-corrected chi connectivity index (χ3v) is 6.20. The molecule has 1 unspecified atom stereocenters. The van der Waals surface area contributed by atoms with Crippen molar-refractivity contribution in [1.82, 2.24) is 15.1 Å². The van der Waals surface area contributed by atoms with Gasteiger partial charge < -0.3 is 5.32 Å². The van der Waals surface area contributed by atoms with Crippen molar-refractivity contribution in [2.45, 2.75) is 30.5 Å². The molecule has 0 bridgehead atoms. The number of aromatic nitrogens is 2. The molecular weight excluding hydrogens is 446 g/mol. The van der Waals surface area contributed by atoms with Crippen molar-refractivity contribution in [2.24, 2.45) is 0 Å². The fraction of sp³-hybridized carbons (Fsp3) is 0.227. The molecule has 5 nitrogen and oxygen atoms in total. The van der Waals surface area contributed by atoms with Gasteiger partial charge in [0, 0.05) is 22.4 Å². The summed E-state index contributed by atoms with van der Waals surface area (Å²) in [7, 11) is 0. The van der Waals surface area contributed by atoms with Crippen molar-refractivity contribution in [2.75, 3.05) is 5.75 Å². The van der Waals surface area contributed by atoms with E-state index in [-0.39, 0.29) is 11.4 Å². The van der Waals surface area contributed by atoms with E-state index < -0.39 is 40.6 Å². The first-order chi connectivity index (χ1) is 15.1. The van der Waals surface area contributed by atoms with Crippen molar-refractivity contribution >= 4 is 17.7 Å². The van der Waals surface area contributed by atoms with Crippen LogP contribution in [0.5, 0.6) is 0 Å². The van der Waals surface area contributed by atoms with E-state index in [1.165, 1.54) is 49.0 Å². The minimum Gasteiger partial charge on any atom is -0.344 e. The van der Waals surface area contributed by atoms with Crippen LogP contribution in [0.25, 0.3) is 5.69 Å². The number of halogens is 4. The molecule has 166 valence electrons. The summed E-state index contributed by atoms with van der Waals surface area (Å²) in [5, 5.41) is 6.65. The summed E-state index contributed by atoms with van der Waals surface area (Å²) >= 11 is 1.53. The molecule has 0 aliphatic carbocycles. The van der Waals surface area contributed by atoms with E-state index in [0.717, 1.165) is 21.7 Å². The summed E-state index contributed by atoms with van der Waals surface area (Å²) < 4.78 is 55.1. The summed E-state index contributed by atoms with van der Waals surface area (Å²) in [4.78, 5) is 26.2. The van der Waals surface area contributed by atoms with Crippen LogP contribution in [-0.2, 0) is 6.18 Å². The number of fused-ring (bicyclic) bond motifs is 1. The van der Waals surface area contributed by atoms with E-state index in [0.29, 0.717) is 17.7 Å². The zero-order valence-corrected chi connectivity index (χ0v) is 17.6. The number of rotatable bonds is 3. The van der Waals surface area contributed by atoms with Crippen LogP contribution in [0.3, 0.4) is 0 Å². The number of thioether (sulfide) groups is 1. The van der Waals surface area contributed by atoms with Gasteiger partial charge in [-0.15, -0.1) is 11.8 Å². The van der Waals surface area contributed by atoms with E-state index in [2.05, 4.69) is 10.4 Å². The first kappa shape index (κ1) is 22.1. The van der Waals surface area contributed by atoms with Crippen LogP contribution in [0.2, 0.25) is 0 Å². The number of amides is 1. The SMILES string of the molecule is Cc1cc(=O)c(C(=O)NC2CCSc3ccc(F)cc32)nn1-c1ccccc1C(F)(F)F. The van der Waals surface area contributed by atoms with Crippen molar-refractivity contribution in [3.63, 3.8) is 0 Å². The van der Waals surface area contributed by atoms with Gasteiger partial charge in [-0.05, 0) is 49.2 Å². The second-order valence-electron chi connectivity index (χ2n) is 7.27. The zero-order valence-electron chi connectivity index (χ0n) is 16.7. The van der Waals surface area contributed by atoms with Gasteiger partial charge in [0.05, 0.1) is 17.3 Å².